The van der Waals surface area contributed by atoms with Crippen molar-refractivity contribution in [1.29, 1.82) is 0 Å². The van der Waals surface area contributed by atoms with Crippen molar-refractivity contribution >= 4 is 11.8 Å². The van der Waals surface area contributed by atoms with Gasteiger partial charge in [-0.2, -0.15) is 0 Å². The molecule has 0 amide bonds. The van der Waals surface area contributed by atoms with Crippen LogP contribution in [0.3, 0.4) is 0 Å². The van der Waals surface area contributed by atoms with Crippen LogP contribution < -0.4 is 5.32 Å². The van der Waals surface area contributed by atoms with Gasteiger partial charge in [0.15, 0.2) is 0 Å². The molecule has 1 fully saturated rings. The second-order valence-corrected chi connectivity index (χ2v) is 6.07. The highest BCUT2D eigenvalue weighted by atomic mass is 32.2. The van der Waals surface area contributed by atoms with Gasteiger partial charge in [0.05, 0.1) is 0 Å². The van der Waals surface area contributed by atoms with E-state index in [0.717, 1.165) is 23.1 Å². The highest BCUT2D eigenvalue weighted by molar-refractivity contribution is 7.99. The minimum atomic E-state index is -0.154. The van der Waals surface area contributed by atoms with Crippen molar-refractivity contribution in [2.24, 2.45) is 5.92 Å². The number of nitrogens with one attached hydrogen (secondary N) is 1. The molecule has 1 atom stereocenters. The molecule has 1 aliphatic rings. The van der Waals surface area contributed by atoms with Crippen molar-refractivity contribution in [3.8, 4) is 0 Å². The van der Waals surface area contributed by atoms with Crippen LogP contribution in [0.25, 0.3) is 0 Å². The van der Waals surface area contributed by atoms with E-state index in [1.165, 1.54) is 25.7 Å². The van der Waals surface area contributed by atoms with Crippen LogP contribution in [0.1, 0.15) is 32.6 Å². The van der Waals surface area contributed by atoms with E-state index in [0.29, 0.717) is 6.04 Å². The SMILES string of the molecule is CCNC(CSc1ccc(F)cc1)C1CCCC1. The van der Waals surface area contributed by atoms with Gasteiger partial charge >= 0.3 is 0 Å². The highest BCUT2D eigenvalue weighted by Gasteiger charge is 2.24. The quantitative estimate of drug-likeness (QED) is 0.779. The zero-order valence-electron chi connectivity index (χ0n) is 11.0. The minimum Gasteiger partial charge on any atom is -0.313 e. The van der Waals surface area contributed by atoms with Crippen LogP contribution in [0.4, 0.5) is 4.39 Å². The van der Waals surface area contributed by atoms with Gasteiger partial charge in [-0.1, -0.05) is 19.8 Å². The summed E-state index contributed by atoms with van der Waals surface area (Å²) in [4.78, 5) is 1.16. The molecule has 2 rings (SSSR count). The van der Waals surface area contributed by atoms with Crippen LogP contribution in [-0.2, 0) is 0 Å². The summed E-state index contributed by atoms with van der Waals surface area (Å²) < 4.78 is 12.8. The van der Waals surface area contributed by atoms with Crippen molar-refractivity contribution < 1.29 is 4.39 Å². The predicted molar refractivity (Wildman–Crippen MR) is 76.5 cm³/mol. The number of halogens is 1. The van der Waals surface area contributed by atoms with Gasteiger partial charge in [-0.25, -0.2) is 4.39 Å². The van der Waals surface area contributed by atoms with Gasteiger partial charge in [-0.05, 0) is 49.6 Å². The Morgan fingerprint density at radius 1 is 1.28 bits per heavy atom. The minimum absolute atomic E-state index is 0.154. The third-order valence-corrected chi connectivity index (χ3v) is 4.81. The summed E-state index contributed by atoms with van der Waals surface area (Å²) in [5, 5.41) is 3.61. The predicted octanol–water partition coefficient (Wildman–Crippen LogP) is 4.09. The Morgan fingerprint density at radius 2 is 1.94 bits per heavy atom. The van der Waals surface area contributed by atoms with Crippen LogP contribution in [0.2, 0.25) is 0 Å². The summed E-state index contributed by atoms with van der Waals surface area (Å²) in [5.41, 5.74) is 0. The second kappa shape index (κ2) is 7.15. The molecule has 0 radical (unpaired) electrons. The summed E-state index contributed by atoms with van der Waals surface area (Å²) >= 11 is 1.83. The number of hydrogen-bond donors (Lipinski definition) is 1. The van der Waals surface area contributed by atoms with E-state index < -0.39 is 0 Å². The zero-order valence-corrected chi connectivity index (χ0v) is 11.8. The molecule has 0 spiro atoms. The molecule has 1 aromatic rings. The second-order valence-electron chi connectivity index (χ2n) is 4.97. The maximum absolute atomic E-state index is 12.8. The fourth-order valence-corrected chi connectivity index (χ4v) is 3.79. The van der Waals surface area contributed by atoms with Gasteiger partial charge < -0.3 is 5.32 Å². The van der Waals surface area contributed by atoms with Crippen LogP contribution in [0.5, 0.6) is 0 Å². The van der Waals surface area contributed by atoms with Crippen molar-refractivity contribution in [3.05, 3.63) is 30.1 Å². The molecule has 0 aliphatic heterocycles. The average molecular weight is 267 g/mol. The van der Waals surface area contributed by atoms with Crippen molar-refractivity contribution in [2.75, 3.05) is 12.3 Å². The summed E-state index contributed by atoms with van der Waals surface area (Å²) in [6.45, 7) is 3.20. The van der Waals surface area contributed by atoms with E-state index in [-0.39, 0.29) is 5.82 Å². The molecule has 1 saturated carbocycles. The molecule has 0 heterocycles. The molecule has 3 heteroatoms. The van der Waals surface area contributed by atoms with Gasteiger partial charge in [0.2, 0.25) is 0 Å². The Balaban J connectivity index is 1.86. The Kier molecular flexibility index (Phi) is 5.51. The Labute approximate surface area is 114 Å². The summed E-state index contributed by atoms with van der Waals surface area (Å²) in [6, 6.07) is 7.43. The third-order valence-electron chi connectivity index (χ3n) is 3.68. The van der Waals surface area contributed by atoms with Crippen LogP contribution >= 0.6 is 11.8 Å². The first-order chi connectivity index (χ1) is 8.79. The largest absolute Gasteiger partial charge is 0.313 e. The van der Waals surface area contributed by atoms with Crippen molar-refractivity contribution in [3.63, 3.8) is 0 Å². The first-order valence-corrected chi connectivity index (χ1v) is 7.90. The first kappa shape index (κ1) is 13.9. The van der Waals surface area contributed by atoms with Crippen molar-refractivity contribution in [2.45, 2.75) is 43.5 Å². The summed E-state index contributed by atoms with van der Waals surface area (Å²) in [7, 11) is 0. The average Bonchev–Trinajstić information content (AvgIpc) is 2.90. The maximum Gasteiger partial charge on any atom is 0.123 e. The molecule has 1 unspecified atom stereocenters. The molecule has 1 aromatic carbocycles. The van der Waals surface area contributed by atoms with E-state index in [1.54, 1.807) is 12.1 Å². The molecular weight excluding hydrogens is 245 g/mol. The molecule has 100 valence electrons. The maximum atomic E-state index is 12.8. The number of rotatable bonds is 6. The van der Waals surface area contributed by atoms with Crippen LogP contribution in [0.15, 0.2) is 29.2 Å². The van der Waals surface area contributed by atoms with Gasteiger partial charge in [-0.3, -0.25) is 0 Å². The molecule has 1 N–H and O–H groups in total. The number of benzene rings is 1. The fourth-order valence-electron chi connectivity index (χ4n) is 2.70. The van der Waals surface area contributed by atoms with E-state index in [9.17, 15) is 4.39 Å². The summed E-state index contributed by atoms with van der Waals surface area (Å²) in [5.74, 6) is 1.76. The van der Waals surface area contributed by atoms with E-state index >= 15 is 0 Å². The van der Waals surface area contributed by atoms with Crippen LogP contribution in [0, 0.1) is 11.7 Å². The number of thioether (sulfide) groups is 1. The molecule has 0 aromatic heterocycles. The summed E-state index contributed by atoms with van der Waals surface area (Å²) in [6.07, 6.45) is 5.49. The van der Waals surface area contributed by atoms with Gasteiger partial charge in [0, 0.05) is 16.7 Å². The van der Waals surface area contributed by atoms with Crippen molar-refractivity contribution in [1.82, 2.24) is 5.32 Å². The van der Waals surface area contributed by atoms with Gasteiger partial charge in [0.1, 0.15) is 5.82 Å². The lowest BCUT2D eigenvalue weighted by molar-refractivity contribution is 0.394. The smallest absolute Gasteiger partial charge is 0.123 e. The monoisotopic (exact) mass is 267 g/mol. The molecule has 1 nitrogen and oxygen atoms in total. The normalized spacial score (nSPS) is 18.1. The number of hydrogen-bond acceptors (Lipinski definition) is 2. The van der Waals surface area contributed by atoms with E-state index in [4.69, 9.17) is 0 Å². The molecule has 18 heavy (non-hydrogen) atoms. The Hall–Kier alpha value is -0.540. The molecule has 0 bridgehead atoms. The van der Waals surface area contributed by atoms with E-state index in [2.05, 4.69) is 12.2 Å². The lowest BCUT2D eigenvalue weighted by atomic mass is 10.00. The van der Waals surface area contributed by atoms with E-state index in [1.807, 2.05) is 23.9 Å². The zero-order chi connectivity index (χ0) is 12.8. The molecule has 0 saturated heterocycles. The van der Waals surface area contributed by atoms with Gasteiger partial charge in [-0.15, -0.1) is 11.8 Å². The fraction of sp³-hybridized carbons (Fsp3) is 0.600. The highest BCUT2D eigenvalue weighted by Crippen LogP contribution is 2.30. The lowest BCUT2D eigenvalue weighted by Crippen LogP contribution is -2.37. The van der Waals surface area contributed by atoms with Crippen LogP contribution in [-0.4, -0.2) is 18.3 Å². The standard InChI is InChI=1S/C15H22FNS/c1-2-17-15(12-5-3-4-6-12)11-18-14-9-7-13(16)8-10-14/h7-10,12,15,17H,2-6,11H2,1H3. The first-order valence-electron chi connectivity index (χ1n) is 6.91. The lowest BCUT2D eigenvalue weighted by Gasteiger charge is -2.23. The third kappa shape index (κ3) is 3.99. The van der Waals surface area contributed by atoms with Gasteiger partial charge in [0.25, 0.3) is 0 Å². The molecular formula is C15H22FNS. The Bertz CT molecular complexity index is 346. The Morgan fingerprint density at radius 3 is 2.56 bits per heavy atom. The topological polar surface area (TPSA) is 12.0 Å². The molecule has 1 aliphatic carbocycles.